The van der Waals surface area contributed by atoms with Crippen LogP contribution in [0.1, 0.15) is 125 Å². The number of alkyl halides is 9. The van der Waals surface area contributed by atoms with E-state index in [9.17, 15) is 97.0 Å². The van der Waals surface area contributed by atoms with Gasteiger partial charge < -0.3 is 67.2 Å². The number of ether oxygens (including phenoxy) is 3. The van der Waals surface area contributed by atoms with Crippen LogP contribution in [0, 0.1) is 17.8 Å². The van der Waals surface area contributed by atoms with Crippen molar-refractivity contribution in [2.24, 2.45) is 17.8 Å². The van der Waals surface area contributed by atoms with E-state index < -0.39 is 145 Å². The topological polar surface area (TPSA) is 361 Å². The highest BCUT2D eigenvalue weighted by Gasteiger charge is 2.38. The maximum atomic E-state index is 13.6. The van der Waals surface area contributed by atoms with Gasteiger partial charge in [0.15, 0.2) is 17.3 Å². The summed E-state index contributed by atoms with van der Waals surface area (Å²) in [6.07, 6.45) is -4.57. The third-order valence-electron chi connectivity index (χ3n) is 19.7. The summed E-state index contributed by atoms with van der Waals surface area (Å²) in [4.78, 5) is 155. The summed E-state index contributed by atoms with van der Waals surface area (Å²) in [6.45, 7) is 7.12. The first-order chi connectivity index (χ1) is 60.4. The molecule has 0 fully saturated rings. The van der Waals surface area contributed by atoms with Crippen molar-refractivity contribution in [3.05, 3.63) is 235 Å². The van der Waals surface area contributed by atoms with Gasteiger partial charge in [0, 0.05) is 84.2 Å². The Kier molecular flexibility index (Phi) is 71.6. The molecule has 9 amide bonds. The van der Waals surface area contributed by atoms with Crippen LogP contribution in [0.3, 0.4) is 0 Å². The van der Waals surface area contributed by atoms with E-state index >= 15 is 0 Å². The molecule has 0 saturated heterocycles. The number of aliphatic hydroxyl groups excluding tert-OH is 1. The molecule has 0 aliphatic carbocycles. The standard InChI is InChI=1S/C32H38F3N3O5.C30H36F3N3O5.C30H34F3N3O5.CH4O.9H2S/c1-4-10-27(37-22(3)39)29(40)20-25(16-15-23-11-7-6-8-12-23)30(41)38-28(31(42)36-21-32(33,34)35)19-24-13-9-14-26(18-24)43-17-5-2;2*1-20(37)35-25-12-5-6-15-41-24-11-7-10-22(16-24)17-26(29(40)34-19-30(31,32)33)36-28(39)23(18-27(25)38)14-13-21-8-3-2-4-9-21;1-2;;;;;;;;;/h4-9,11-14,18,25,27-28H,1-2,10,15-17,19-21H2,3H3,(H,36,42)(H,37,39)(H,38,41);2-4,7-11,16,23,25-26H,5-6,12-15,17-19H2,1H3,(H,34,40)(H,35,37)(H,36,39);2-11,16,23,25-26H,12-15,17-19H2,1H3,(H,34,40)(H,35,37)(H,36,39);2H,1H3;9*1H2/b;;6-5-;;;;;;;;;;/t25-,27+,28+;2*23-,25+,26+;;;;;;;;;;/m111........../s1. The zero-order valence-corrected chi connectivity index (χ0v) is 84.7. The molecule has 136 heavy (non-hydrogen) atoms. The molecule has 0 radical (unpaired) electrons. The molecule has 8 rings (SSSR count). The quantitative estimate of drug-likeness (QED) is 0.0148. The number of aryl methyl sites for hydroxylation is 3. The Morgan fingerprint density at radius 2 is 0.926 bits per heavy atom. The van der Waals surface area contributed by atoms with E-state index in [2.05, 4.69) is 45.1 Å². The second-order valence-electron chi connectivity index (χ2n) is 30.2. The lowest BCUT2D eigenvalue weighted by molar-refractivity contribution is -0.141. The van der Waals surface area contributed by atoms with Crippen LogP contribution in [0.15, 0.2) is 201 Å². The van der Waals surface area contributed by atoms with Gasteiger partial charge >= 0.3 is 18.5 Å². The van der Waals surface area contributed by atoms with Gasteiger partial charge in [0.2, 0.25) is 53.2 Å². The van der Waals surface area contributed by atoms with Gasteiger partial charge in [-0.3, -0.25) is 57.5 Å². The van der Waals surface area contributed by atoms with Gasteiger partial charge in [-0.2, -0.15) is 161 Å². The minimum atomic E-state index is -4.66. The Labute approximate surface area is 851 Å². The lowest BCUT2D eigenvalue weighted by Gasteiger charge is -2.25. The Bertz CT molecular complexity index is 4630. The summed E-state index contributed by atoms with van der Waals surface area (Å²) in [6, 6.07) is 41.3. The maximum absolute atomic E-state index is 13.6. The number of Topliss-reactive ketones (excluding diaryl/α,β-unsaturated/α-hetero) is 3. The molecule has 760 valence electrons. The largest absolute Gasteiger partial charge is 0.494 e. The number of carbonyl (C=O) groups is 12. The summed E-state index contributed by atoms with van der Waals surface area (Å²) in [7, 11) is 1.00. The number of hydrogen-bond donors (Lipinski definition) is 10. The van der Waals surface area contributed by atoms with Crippen molar-refractivity contribution in [2.75, 3.05) is 46.6 Å². The molecule has 0 spiro atoms. The molecule has 0 saturated carbocycles. The Morgan fingerprint density at radius 3 is 1.38 bits per heavy atom. The fourth-order valence-electron chi connectivity index (χ4n) is 13.5. The van der Waals surface area contributed by atoms with Crippen molar-refractivity contribution in [3.8, 4) is 17.2 Å². The highest BCUT2D eigenvalue weighted by atomic mass is 32.1. The highest BCUT2D eigenvalue weighted by Crippen LogP contribution is 2.26. The summed E-state index contributed by atoms with van der Waals surface area (Å²) in [5.74, 6) is -8.59. The summed E-state index contributed by atoms with van der Waals surface area (Å²) >= 11 is 0. The van der Waals surface area contributed by atoms with Crippen LogP contribution in [-0.2, 0) is 96.1 Å². The fourth-order valence-corrected chi connectivity index (χ4v) is 13.5. The molecule has 0 aromatic heterocycles. The second-order valence-corrected chi connectivity index (χ2v) is 30.2. The van der Waals surface area contributed by atoms with Crippen molar-refractivity contribution in [3.63, 3.8) is 0 Å². The lowest BCUT2D eigenvalue weighted by atomic mass is 9.90. The predicted octanol–water partition coefficient (Wildman–Crippen LogP) is 12.0. The van der Waals surface area contributed by atoms with Gasteiger partial charge in [0.05, 0.1) is 24.7 Å². The van der Waals surface area contributed by atoms with E-state index in [4.69, 9.17) is 19.3 Å². The van der Waals surface area contributed by atoms with E-state index in [1.54, 1.807) is 91.0 Å². The zero-order chi connectivity index (χ0) is 93.5. The molecule has 2 heterocycles. The number of nitrogens with one attached hydrogen (secondary N) is 9. The van der Waals surface area contributed by atoms with Gasteiger partial charge in [-0.25, -0.2) is 0 Å². The Hall–Kier alpha value is -9.34. The van der Waals surface area contributed by atoms with E-state index in [0.29, 0.717) is 79.1 Å². The van der Waals surface area contributed by atoms with E-state index in [0.717, 1.165) is 23.8 Å². The highest BCUT2D eigenvalue weighted by molar-refractivity contribution is 7.60. The van der Waals surface area contributed by atoms with E-state index in [-0.39, 0.29) is 223 Å². The number of hydrogen-bond acceptors (Lipinski definition) is 16. The first-order valence-electron chi connectivity index (χ1n) is 41.3. The molecule has 6 aromatic rings. The lowest BCUT2D eigenvalue weighted by Crippen LogP contribution is -2.51. The van der Waals surface area contributed by atoms with Gasteiger partial charge in [0.25, 0.3) is 0 Å². The molecular weight excluding hydrogens is 1960 g/mol. The number of aliphatic hydroxyl groups is 1. The number of benzene rings is 6. The maximum Gasteiger partial charge on any atom is 0.405 e. The van der Waals surface area contributed by atoms with Crippen LogP contribution in [0.2, 0.25) is 0 Å². The number of ketones is 3. The molecule has 2 aliphatic rings. The molecule has 2 aliphatic heterocycles. The molecule has 25 nitrogen and oxygen atoms in total. The normalized spacial score (nSPS) is 16.9. The second kappa shape index (κ2) is 72.0. The van der Waals surface area contributed by atoms with Gasteiger partial charge in [-0.05, 0) is 140 Å². The zero-order valence-electron chi connectivity index (χ0n) is 75.7. The van der Waals surface area contributed by atoms with E-state index in [1.165, 1.54) is 26.8 Å². The first kappa shape index (κ1) is 135. The van der Waals surface area contributed by atoms with Crippen LogP contribution in [0.5, 0.6) is 17.2 Å². The van der Waals surface area contributed by atoms with Crippen molar-refractivity contribution in [1.82, 2.24) is 47.9 Å². The molecule has 43 heteroatoms. The SMILES string of the molecule is C=CCOc1cccc(C[C@H](NC(=O)[C@H](CCc2ccccc2)CC(=O)[C@H](CC=C)NC(C)=O)C(=O)NCC(F)(F)F)c1.CC(=O)N[C@H]1C/C=C\COc2cccc(c2)C[C@@H](C(=O)NCC(F)(F)F)NC(=O)[C@H](CCc2ccccc2)CC1=O.CC(=O)N[C@H]1CCCCOc2cccc(c2)C[C@@H](C(=O)NCC(F)(F)F)NC(=O)[C@H](CCc2ccccc2)CC1=O.CO.S.S.S.S.S.S.S.S.S. The molecule has 4 bridgehead atoms. The molecule has 9 atom stereocenters. The molecule has 6 aromatic carbocycles. The predicted molar refractivity (Wildman–Crippen MR) is 551 cm³/mol. The molecular formula is C93H130F9N9O16S9. The number of fused-ring (bicyclic) bond motifs is 4. The third-order valence-corrected chi connectivity index (χ3v) is 19.7. The van der Waals surface area contributed by atoms with E-state index in [1.807, 2.05) is 107 Å². The number of carbonyl (C=O) groups excluding carboxylic acids is 12. The minimum absolute atomic E-state index is 0. The van der Waals surface area contributed by atoms with Crippen LogP contribution < -0.4 is 62.1 Å². The summed E-state index contributed by atoms with van der Waals surface area (Å²) < 4.78 is 133. The van der Waals surface area contributed by atoms with Crippen molar-refractivity contribution in [1.29, 1.82) is 0 Å². The first-order valence-corrected chi connectivity index (χ1v) is 41.3. The van der Waals surface area contributed by atoms with Crippen molar-refractivity contribution in [2.45, 2.75) is 185 Å². The Balaban J connectivity index is -0.000000605. The van der Waals surface area contributed by atoms with Gasteiger partial charge in [0.1, 0.15) is 68.2 Å². The third kappa shape index (κ3) is 55.9. The monoisotopic (exact) mass is 2090 g/mol. The summed E-state index contributed by atoms with van der Waals surface area (Å²) in [5, 5.41) is 28.2. The van der Waals surface area contributed by atoms with Crippen molar-refractivity contribution < 1.29 is 116 Å². The number of halogens is 9. The number of amides is 9. The van der Waals surface area contributed by atoms with Crippen LogP contribution >= 0.6 is 121 Å². The van der Waals surface area contributed by atoms with Gasteiger partial charge in [-0.1, -0.05) is 158 Å². The van der Waals surface area contributed by atoms with Crippen LogP contribution in [0.4, 0.5) is 39.5 Å². The average Bonchev–Trinajstić information content (AvgIpc) is 0.853. The smallest absolute Gasteiger partial charge is 0.405 e. The fraction of sp³-hybridized carbons (Fsp3) is 0.419. The Morgan fingerprint density at radius 1 is 0.485 bits per heavy atom. The average molecular weight is 2090 g/mol. The van der Waals surface area contributed by atoms with Crippen molar-refractivity contribution >= 4 is 192 Å². The van der Waals surface area contributed by atoms with Crippen LogP contribution in [-0.4, -0.2) is 177 Å². The molecule has 0 unspecified atom stereocenters. The molecule has 10 N–H and O–H groups in total. The van der Waals surface area contributed by atoms with Gasteiger partial charge in [-0.15, -0.1) is 6.58 Å². The summed E-state index contributed by atoms with van der Waals surface area (Å²) in [5.41, 5.74) is 4.46. The van der Waals surface area contributed by atoms with Crippen LogP contribution in [0.25, 0.3) is 0 Å². The minimum Gasteiger partial charge on any atom is -0.494 e. The number of rotatable bonds is 30.